The number of nitrogens with one attached hydrogen (secondary N) is 1. The van der Waals surface area contributed by atoms with Gasteiger partial charge in [0.2, 0.25) is 5.91 Å². The number of hydrogen-bond acceptors (Lipinski definition) is 2. The van der Waals surface area contributed by atoms with Crippen LogP contribution in [0.4, 0.5) is 17.6 Å². The van der Waals surface area contributed by atoms with Gasteiger partial charge in [-0.05, 0) is 30.9 Å². The zero-order chi connectivity index (χ0) is 17.7. The summed E-state index contributed by atoms with van der Waals surface area (Å²) in [5.74, 6) is -2.90. The Balaban J connectivity index is 1.75. The monoisotopic (exact) mass is 346 g/mol. The molecule has 0 aromatic heterocycles. The summed E-state index contributed by atoms with van der Waals surface area (Å²) in [4.78, 5) is 23.9. The summed E-state index contributed by atoms with van der Waals surface area (Å²) in [7, 11) is 0. The molecule has 0 spiro atoms. The third kappa shape index (κ3) is 4.69. The number of amides is 2. The van der Waals surface area contributed by atoms with E-state index < -0.39 is 18.0 Å². The largest absolute Gasteiger partial charge is 0.471 e. The molecule has 4 nitrogen and oxygen atoms in total. The Hall–Kier alpha value is -2.12. The normalized spacial score (nSPS) is 16.1. The van der Waals surface area contributed by atoms with Gasteiger partial charge in [0.15, 0.2) is 0 Å². The van der Waals surface area contributed by atoms with E-state index in [0.29, 0.717) is 12.0 Å². The van der Waals surface area contributed by atoms with E-state index in [4.69, 9.17) is 0 Å². The van der Waals surface area contributed by atoms with Gasteiger partial charge in [0.1, 0.15) is 5.82 Å². The van der Waals surface area contributed by atoms with Gasteiger partial charge in [0, 0.05) is 25.6 Å². The Morgan fingerprint density at radius 1 is 1.17 bits per heavy atom. The van der Waals surface area contributed by atoms with Gasteiger partial charge in [-0.2, -0.15) is 13.2 Å². The molecule has 24 heavy (non-hydrogen) atoms. The SMILES string of the molecule is O=C(NCCc1ccccc1F)C1CCN(C(=O)C(F)(F)F)CC1. The molecule has 0 saturated carbocycles. The van der Waals surface area contributed by atoms with Crippen LogP contribution in [0.25, 0.3) is 0 Å². The van der Waals surface area contributed by atoms with Crippen molar-refractivity contribution in [2.45, 2.75) is 25.4 Å². The highest BCUT2D eigenvalue weighted by Crippen LogP contribution is 2.24. The number of carbonyl (C=O) groups is 2. The Bertz CT molecular complexity index is 596. The molecule has 1 aliphatic heterocycles. The van der Waals surface area contributed by atoms with Crippen LogP contribution in [0, 0.1) is 11.7 Å². The minimum absolute atomic E-state index is 0.0935. The van der Waals surface area contributed by atoms with Crippen molar-refractivity contribution in [1.82, 2.24) is 10.2 Å². The zero-order valence-corrected chi connectivity index (χ0v) is 12.9. The van der Waals surface area contributed by atoms with Crippen LogP contribution in [0.5, 0.6) is 0 Å². The molecule has 132 valence electrons. The highest BCUT2D eigenvalue weighted by Gasteiger charge is 2.43. The first-order valence-corrected chi connectivity index (χ1v) is 7.66. The van der Waals surface area contributed by atoms with Crippen molar-refractivity contribution in [3.8, 4) is 0 Å². The predicted octanol–water partition coefficient (Wildman–Crippen LogP) is 2.29. The Kier molecular flexibility index (Phi) is 5.80. The summed E-state index contributed by atoms with van der Waals surface area (Å²) in [5.41, 5.74) is 0.489. The lowest BCUT2D eigenvalue weighted by Gasteiger charge is -2.31. The van der Waals surface area contributed by atoms with E-state index in [2.05, 4.69) is 5.32 Å². The van der Waals surface area contributed by atoms with Gasteiger partial charge in [-0.15, -0.1) is 0 Å². The number of halogens is 4. The van der Waals surface area contributed by atoms with E-state index in [1.54, 1.807) is 18.2 Å². The smallest absolute Gasteiger partial charge is 0.356 e. The van der Waals surface area contributed by atoms with Crippen LogP contribution in [0.2, 0.25) is 0 Å². The lowest BCUT2D eigenvalue weighted by Crippen LogP contribution is -2.47. The number of piperidine rings is 1. The zero-order valence-electron chi connectivity index (χ0n) is 12.9. The number of alkyl halides is 3. The Morgan fingerprint density at radius 3 is 2.38 bits per heavy atom. The minimum Gasteiger partial charge on any atom is -0.356 e. The number of benzene rings is 1. The van der Waals surface area contributed by atoms with E-state index in [1.807, 2.05) is 0 Å². The van der Waals surface area contributed by atoms with E-state index in [-0.39, 0.29) is 44.2 Å². The molecule has 0 unspecified atom stereocenters. The predicted molar refractivity (Wildman–Crippen MR) is 78.5 cm³/mol. The van der Waals surface area contributed by atoms with Gasteiger partial charge in [-0.25, -0.2) is 4.39 Å². The molecule has 1 fully saturated rings. The quantitative estimate of drug-likeness (QED) is 0.851. The second-order valence-corrected chi connectivity index (χ2v) is 5.70. The molecule has 1 heterocycles. The van der Waals surface area contributed by atoms with E-state index in [9.17, 15) is 27.2 Å². The van der Waals surface area contributed by atoms with Crippen molar-refractivity contribution in [2.75, 3.05) is 19.6 Å². The average molecular weight is 346 g/mol. The van der Waals surface area contributed by atoms with E-state index >= 15 is 0 Å². The second-order valence-electron chi connectivity index (χ2n) is 5.70. The van der Waals surface area contributed by atoms with Crippen molar-refractivity contribution in [3.63, 3.8) is 0 Å². The number of nitrogens with zero attached hydrogens (tertiary/aromatic N) is 1. The van der Waals surface area contributed by atoms with Crippen molar-refractivity contribution < 1.29 is 27.2 Å². The topological polar surface area (TPSA) is 49.4 Å². The lowest BCUT2D eigenvalue weighted by molar-refractivity contribution is -0.186. The third-order valence-corrected chi connectivity index (χ3v) is 4.05. The molecule has 0 bridgehead atoms. The number of carbonyl (C=O) groups excluding carboxylic acids is 2. The third-order valence-electron chi connectivity index (χ3n) is 4.05. The highest BCUT2D eigenvalue weighted by molar-refractivity contribution is 5.83. The first-order chi connectivity index (χ1) is 11.3. The first kappa shape index (κ1) is 18.2. The number of likely N-dealkylation sites (tertiary alicyclic amines) is 1. The number of rotatable bonds is 4. The molecule has 1 aromatic rings. The summed E-state index contributed by atoms with van der Waals surface area (Å²) < 4.78 is 50.5. The molecule has 0 atom stereocenters. The molecule has 1 aromatic carbocycles. The summed E-state index contributed by atoms with van der Waals surface area (Å²) >= 11 is 0. The Labute approximate surface area is 136 Å². The maximum Gasteiger partial charge on any atom is 0.471 e. The van der Waals surface area contributed by atoms with Crippen LogP contribution in [0.15, 0.2) is 24.3 Å². The fraction of sp³-hybridized carbons (Fsp3) is 0.500. The molecular weight excluding hydrogens is 328 g/mol. The Morgan fingerprint density at radius 2 is 1.79 bits per heavy atom. The first-order valence-electron chi connectivity index (χ1n) is 7.66. The van der Waals surface area contributed by atoms with Crippen molar-refractivity contribution >= 4 is 11.8 Å². The van der Waals surface area contributed by atoms with Crippen LogP contribution < -0.4 is 5.32 Å². The van der Waals surface area contributed by atoms with Crippen LogP contribution in [-0.2, 0) is 16.0 Å². The molecule has 1 N–H and O–H groups in total. The van der Waals surface area contributed by atoms with Crippen LogP contribution >= 0.6 is 0 Å². The second kappa shape index (κ2) is 7.63. The van der Waals surface area contributed by atoms with Gasteiger partial charge < -0.3 is 10.2 Å². The maximum absolute atomic E-state index is 13.4. The van der Waals surface area contributed by atoms with E-state index in [1.165, 1.54) is 6.07 Å². The van der Waals surface area contributed by atoms with Gasteiger partial charge in [0.05, 0.1) is 0 Å². The molecule has 2 amide bonds. The maximum atomic E-state index is 13.4. The van der Waals surface area contributed by atoms with Gasteiger partial charge >= 0.3 is 12.1 Å². The molecule has 1 saturated heterocycles. The van der Waals surface area contributed by atoms with Crippen molar-refractivity contribution in [1.29, 1.82) is 0 Å². The summed E-state index contributed by atoms with van der Waals surface area (Å²) in [6.07, 6.45) is -4.17. The summed E-state index contributed by atoms with van der Waals surface area (Å²) in [5, 5.41) is 2.67. The number of hydrogen-bond donors (Lipinski definition) is 1. The fourth-order valence-corrected chi connectivity index (χ4v) is 2.69. The standard InChI is InChI=1S/C16H18F4N2O2/c17-13-4-2-1-3-11(13)5-8-21-14(23)12-6-9-22(10-7-12)15(24)16(18,19)20/h1-4,12H,5-10H2,(H,21,23). The van der Waals surface area contributed by atoms with Gasteiger partial charge in [-0.3, -0.25) is 9.59 Å². The van der Waals surface area contributed by atoms with Crippen LogP contribution in [0.1, 0.15) is 18.4 Å². The summed E-state index contributed by atoms with van der Waals surface area (Å²) in [6, 6.07) is 6.24. The fourth-order valence-electron chi connectivity index (χ4n) is 2.69. The summed E-state index contributed by atoms with van der Waals surface area (Å²) in [6.45, 7) is 0.0644. The van der Waals surface area contributed by atoms with Crippen LogP contribution in [-0.4, -0.2) is 42.5 Å². The van der Waals surface area contributed by atoms with Crippen molar-refractivity contribution in [2.24, 2.45) is 5.92 Å². The molecular formula is C16H18F4N2O2. The molecule has 1 aliphatic rings. The molecule has 8 heteroatoms. The van der Waals surface area contributed by atoms with E-state index in [0.717, 1.165) is 4.90 Å². The average Bonchev–Trinajstić information content (AvgIpc) is 2.55. The molecule has 2 rings (SSSR count). The van der Waals surface area contributed by atoms with Gasteiger partial charge in [0.25, 0.3) is 0 Å². The van der Waals surface area contributed by atoms with Crippen LogP contribution in [0.3, 0.4) is 0 Å². The van der Waals surface area contributed by atoms with Crippen molar-refractivity contribution in [3.05, 3.63) is 35.6 Å². The lowest BCUT2D eigenvalue weighted by atomic mass is 9.95. The molecule has 0 radical (unpaired) electrons. The molecule has 0 aliphatic carbocycles. The minimum atomic E-state index is -4.88. The highest BCUT2D eigenvalue weighted by atomic mass is 19.4. The van der Waals surface area contributed by atoms with Gasteiger partial charge in [-0.1, -0.05) is 18.2 Å².